The third-order valence-electron chi connectivity index (χ3n) is 4.22. The minimum Gasteiger partial charge on any atom is -0.398 e. The highest BCUT2D eigenvalue weighted by Crippen LogP contribution is 2.25. The minimum absolute atomic E-state index is 0.291. The number of nitrogens with two attached hydrogens (primary N) is 1. The third kappa shape index (κ3) is 3.25. The number of aryl methyl sites for hydroxylation is 1. The molecule has 1 saturated heterocycles. The van der Waals surface area contributed by atoms with Gasteiger partial charge in [0.05, 0.1) is 5.69 Å². The molecule has 0 saturated carbocycles. The summed E-state index contributed by atoms with van der Waals surface area (Å²) in [6.45, 7) is 6.36. The number of anilines is 1. The van der Waals surface area contributed by atoms with Crippen LogP contribution in [0.15, 0.2) is 6.20 Å². The van der Waals surface area contributed by atoms with Crippen LogP contribution in [0.1, 0.15) is 42.5 Å². The molecule has 1 aliphatic heterocycles. The first kappa shape index (κ1) is 14.3. The first-order valence-electron chi connectivity index (χ1n) is 7.19. The van der Waals surface area contributed by atoms with Crippen LogP contribution in [0.5, 0.6) is 0 Å². The smallest absolute Gasteiger partial charge is 0.0593 e. The van der Waals surface area contributed by atoms with Crippen LogP contribution < -0.4 is 5.73 Å². The van der Waals surface area contributed by atoms with Crippen molar-refractivity contribution in [3.63, 3.8) is 0 Å². The Kier molecular flexibility index (Phi) is 4.77. The van der Waals surface area contributed by atoms with Crippen molar-refractivity contribution in [2.24, 2.45) is 0 Å². The lowest BCUT2D eigenvalue weighted by molar-refractivity contribution is 0.208. The Hall–Kier alpha value is -1.13. The van der Waals surface area contributed by atoms with Crippen LogP contribution in [0.2, 0.25) is 0 Å². The van der Waals surface area contributed by atoms with Crippen LogP contribution in [0.3, 0.4) is 0 Å². The average molecular weight is 263 g/mol. The van der Waals surface area contributed by atoms with Crippen molar-refractivity contribution in [2.75, 3.05) is 18.9 Å². The summed E-state index contributed by atoms with van der Waals surface area (Å²) in [6.07, 6.45) is 6.33. The number of pyridine rings is 1. The van der Waals surface area contributed by atoms with Gasteiger partial charge in [-0.25, -0.2) is 0 Å². The second-order valence-corrected chi connectivity index (χ2v) is 5.56. The number of aromatic nitrogens is 1. The standard InChI is InChI=1S/C15H25N3O/c1-11-9-17-14(12(2)15(11)16)10-18-7-3-5-13(18)6-4-8-19/h9,13,19H,3-8,10H2,1-2H3,(H2,16,17). The lowest BCUT2D eigenvalue weighted by atomic mass is 10.1. The molecule has 19 heavy (non-hydrogen) atoms. The average Bonchev–Trinajstić information content (AvgIpc) is 2.84. The van der Waals surface area contributed by atoms with Crippen molar-refractivity contribution in [1.29, 1.82) is 0 Å². The highest BCUT2D eigenvalue weighted by molar-refractivity contribution is 5.53. The molecule has 0 radical (unpaired) electrons. The number of nitrogen functional groups attached to an aromatic ring is 1. The van der Waals surface area contributed by atoms with Gasteiger partial charge in [-0.2, -0.15) is 0 Å². The topological polar surface area (TPSA) is 62.4 Å². The number of hydrogen-bond donors (Lipinski definition) is 2. The molecule has 0 aliphatic carbocycles. The van der Waals surface area contributed by atoms with Crippen LogP contribution in [0.25, 0.3) is 0 Å². The van der Waals surface area contributed by atoms with E-state index in [0.717, 1.165) is 48.4 Å². The molecular weight excluding hydrogens is 238 g/mol. The van der Waals surface area contributed by atoms with Gasteiger partial charge in [-0.15, -0.1) is 0 Å². The van der Waals surface area contributed by atoms with Crippen molar-refractivity contribution in [2.45, 2.75) is 52.1 Å². The van der Waals surface area contributed by atoms with Crippen LogP contribution in [-0.4, -0.2) is 34.2 Å². The molecule has 2 heterocycles. The highest BCUT2D eigenvalue weighted by atomic mass is 16.2. The highest BCUT2D eigenvalue weighted by Gasteiger charge is 2.24. The summed E-state index contributed by atoms with van der Waals surface area (Å²) in [4.78, 5) is 7.03. The second kappa shape index (κ2) is 6.35. The zero-order valence-corrected chi connectivity index (χ0v) is 12.0. The normalized spacial score (nSPS) is 20.1. The zero-order chi connectivity index (χ0) is 13.8. The van der Waals surface area contributed by atoms with Gasteiger partial charge in [0.1, 0.15) is 0 Å². The molecule has 1 aliphatic rings. The number of likely N-dealkylation sites (tertiary alicyclic amines) is 1. The number of hydrogen-bond acceptors (Lipinski definition) is 4. The van der Waals surface area contributed by atoms with Crippen LogP contribution in [0, 0.1) is 13.8 Å². The molecule has 1 fully saturated rings. The van der Waals surface area contributed by atoms with Crippen molar-refractivity contribution in [3.8, 4) is 0 Å². The van der Waals surface area contributed by atoms with E-state index in [4.69, 9.17) is 10.8 Å². The Balaban J connectivity index is 2.06. The molecule has 0 aromatic carbocycles. The quantitative estimate of drug-likeness (QED) is 0.853. The van der Waals surface area contributed by atoms with Gasteiger partial charge in [0.25, 0.3) is 0 Å². The molecule has 2 rings (SSSR count). The van der Waals surface area contributed by atoms with Crippen LogP contribution >= 0.6 is 0 Å². The molecule has 106 valence electrons. The first-order valence-corrected chi connectivity index (χ1v) is 7.19. The molecule has 0 spiro atoms. The summed E-state index contributed by atoms with van der Waals surface area (Å²) >= 11 is 0. The molecule has 0 amide bonds. The Morgan fingerprint density at radius 2 is 2.26 bits per heavy atom. The number of aliphatic hydroxyl groups is 1. The SMILES string of the molecule is Cc1cnc(CN2CCCC2CCCO)c(C)c1N. The largest absolute Gasteiger partial charge is 0.398 e. The molecule has 3 N–H and O–H groups in total. The van der Waals surface area contributed by atoms with Crippen LogP contribution in [-0.2, 0) is 6.54 Å². The van der Waals surface area contributed by atoms with E-state index in [9.17, 15) is 0 Å². The Bertz CT molecular complexity index is 434. The molecule has 1 aromatic rings. The fourth-order valence-corrected chi connectivity index (χ4v) is 2.90. The van der Waals surface area contributed by atoms with Crippen molar-refractivity contribution < 1.29 is 5.11 Å². The van der Waals surface area contributed by atoms with E-state index in [1.165, 1.54) is 12.8 Å². The van der Waals surface area contributed by atoms with E-state index < -0.39 is 0 Å². The molecular formula is C15H25N3O. The van der Waals surface area contributed by atoms with Gasteiger partial charge in [-0.3, -0.25) is 9.88 Å². The van der Waals surface area contributed by atoms with Crippen molar-refractivity contribution in [3.05, 3.63) is 23.0 Å². The Labute approximate surface area is 115 Å². The summed E-state index contributed by atoms with van der Waals surface area (Å²) in [5.41, 5.74) is 10.2. The van der Waals surface area contributed by atoms with E-state index in [2.05, 4.69) is 16.8 Å². The van der Waals surface area contributed by atoms with Gasteiger partial charge < -0.3 is 10.8 Å². The third-order valence-corrected chi connectivity index (χ3v) is 4.22. The molecule has 0 bridgehead atoms. The van der Waals surface area contributed by atoms with Gasteiger partial charge in [-0.1, -0.05) is 0 Å². The van der Waals surface area contributed by atoms with Gasteiger partial charge in [-0.05, 0) is 57.2 Å². The summed E-state index contributed by atoms with van der Waals surface area (Å²) < 4.78 is 0. The summed E-state index contributed by atoms with van der Waals surface area (Å²) in [5.74, 6) is 0. The second-order valence-electron chi connectivity index (χ2n) is 5.56. The van der Waals surface area contributed by atoms with Crippen molar-refractivity contribution in [1.82, 2.24) is 9.88 Å². The molecule has 4 heteroatoms. The fourth-order valence-electron chi connectivity index (χ4n) is 2.90. The summed E-state index contributed by atoms with van der Waals surface area (Å²) in [6, 6.07) is 0.593. The van der Waals surface area contributed by atoms with Gasteiger partial charge in [0, 0.05) is 31.1 Å². The van der Waals surface area contributed by atoms with E-state index in [0.29, 0.717) is 12.6 Å². The number of aliphatic hydroxyl groups excluding tert-OH is 1. The van der Waals surface area contributed by atoms with Gasteiger partial charge >= 0.3 is 0 Å². The van der Waals surface area contributed by atoms with E-state index in [-0.39, 0.29) is 0 Å². The molecule has 1 atom stereocenters. The van der Waals surface area contributed by atoms with Crippen LogP contribution in [0.4, 0.5) is 5.69 Å². The van der Waals surface area contributed by atoms with E-state index >= 15 is 0 Å². The molecule has 1 aromatic heterocycles. The maximum Gasteiger partial charge on any atom is 0.0593 e. The predicted molar refractivity (Wildman–Crippen MR) is 77.9 cm³/mol. The van der Waals surface area contributed by atoms with E-state index in [1.54, 1.807) is 0 Å². The van der Waals surface area contributed by atoms with Gasteiger partial charge in [0.2, 0.25) is 0 Å². The molecule has 1 unspecified atom stereocenters. The number of nitrogens with zero attached hydrogens (tertiary/aromatic N) is 2. The van der Waals surface area contributed by atoms with Crippen molar-refractivity contribution >= 4 is 5.69 Å². The molecule has 4 nitrogen and oxygen atoms in total. The zero-order valence-electron chi connectivity index (χ0n) is 12.0. The minimum atomic E-state index is 0.291. The van der Waals surface area contributed by atoms with Gasteiger partial charge in [0.15, 0.2) is 0 Å². The monoisotopic (exact) mass is 263 g/mol. The number of rotatable bonds is 5. The summed E-state index contributed by atoms with van der Waals surface area (Å²) in [5, 5.41) is 8.97. The first-order chi connectivity index (χ1) is 9.13. The lowest BCUT2D eigenvalue weighted by Crippen LogP contribution is -2.30. The fraction of sp³-hybridized carbons (Fsp3) is 0.667. The maximum atomic E-state index is 8.97. The van der Waals surface area contributed by atoms with E-state index in [1.807, 2.05) is 13.1 Å². The Morgan fingerprint density at radius 3 is 3.00 bits per heavy atom. The maximum absolute atomic E-state index is 8.97. The predicted octanol–water partition coefficient (Wildman–Crippen LogP) is 2.02. The summed E-state index contributed by atoms with van der Waals surface area (Å²) in [7, 11) is 0. The lowest BCUT2D eigenvalue weighted by Gasteiger charge is -2.25. The Morgan fingerprint density at radius 1 is 1.47 bits per heavy atom.